The molecule has 0 heterocycles. The van der Waals surface area contributed by atoms with Crippen LogP contribution in [0.1, 0.15) is 124 Å². The first-order valence-corrected chi connectivity index (χ1v) is 16.0. The van der Waals surface area contributed by atoms with Gasteiger partial charge in [-0.1, -0.05) is 177 Å². The van der Waals surface area contributed by atoms with Crippen molar-refractivity contribution < 1.29 is 0 Å². The Hall–Kier alpha value is -0.563. The Balaban J connectivity index is 2.51. The molecule has 0 atom stereocenters. The van der Waals surface area contributed by atoms with Crippen LogP contribution in [0.4, 0.5) is 0 Å². The van der Waals surface area contributed by atoms with E-state index in [4.69, 9.17) is 0 Å². The van der Waals surface area contributed by atoms with Gasteiger partial charge in [0.1, 0.15) is 0 Å². The van der Waals surface area contributed by atoms with E-state index in [0.29, 0.717) is 0 Å². The maximum Gasteiger partial charge on any atom is 0.0867 e. The lowest BCUT2D eigenvalue weighted by atomic mass is 10.1. The Morgan fingerprint density at radius 2 is 0.793 bits per heavy atom. The molecule has 0 bridgehead atoms. The van der Waals surface area contributed by atoms with Crippen LogP contribution in [-0.2, 0) is 0 Å². The molecule has 0 amide bonds. The van der Waals surface area contributed by atoms with Crippen molar-refractivity contribution >= 4 is 13.3 Å². The Labute approximate surface area is 185 Å². The molecule has 0 N–H and O–H groups in total. The minimum atomic E-state index is -1.34. The van der Waals surface area contributed by atoms with Gasteiger partial charge in [-0.05, 0) is 0 Å². The van der Waals surface area contributed by atoms with Crippen LogP contribution in [0.15, 0.2) is 30.3 Å². The fourth-order valence-electron chi connectivity index (χ4n) is 4.98. The molecule has 0 nitrogen and oxygen atoms in total. The largest absolute Gasteiger partial charge is 0.0867 e. The van der Waals surface area contributed by atoms with Crippen molar-refractivity contribution in [2.24, 2.45) is 0 Å². The highest BCUT2D eigenvalue weighted by atomic mass is 28.3. The zero-order chi connectivity index (χ0) is 21.0. The summed E-state index contributed by atoms with van der Waals surface area (Å²) in [6.07, 6.45) is 23.0. The molecule has 1 heteroatoms. The number of hydrogen-bond acceptors (Lipinski definition) is 0. The second-order valence-electron chi connectivity index (χ2n) is 9.49. The summed E-state index contributed by atoms with van der Waals surface area (Å²) in [6, 6.07) is 16.4. The molecule has 0 radical (unpaired) electrons. The molecule has 1 rings (SSSR count). The number of hydrogen-bond donors (Lipinski definition) is 0. The van der Waals surface area contributed by atoms with Gasteiger partial charge in [0.15, 0.2) is 0 Å². The van der Waals surface area contributed by atoms with Gasteiger partial charge < -0.3 is 0 Å². The zero-order valence-electron chi connectivity index (χ0n) is 20.3. The van der Waals surface area contributed by atoms with Crippen LogP contribution >= 0.6 is 0 Å². The predicted molar refractivity (Wildman–Crippen MR) is 137 cm³/mol. The van der Waals surface area contributed by atoms with E-state index in [9.17, 15) is 0 Å². The van der Waals surface area contributed by atoms with Crippen LogP contribution < -0.4 is 5.19 Å². The van der Waals surface area contributed by atoms with Gasteiger partial charge in [-0.3, -0.25) is 0 Å². The van der Waals surface area contributed by atoms with Gasteiger partial charge in [0.2, 0.25) is 0 Å². The highest BCUT2D eigenvalue weighted by Crippen LogP contribution is 2.29. The van der Waals surface area contributed by atoms with Gasteiger partial charge in [0.25, 0.3) is 0 Å². The summed E-state index contributed by atoms with van der Waals surface area (Å²) in [5.41, 5.74) is 0. The molecule has 1 aromatic carbocycles. The zero-order valence-corrected chi connectivity index (χ0v) is 21.3. The fourth-order valence-corrected chi connectivity index (χ4v) is 10.3. The molecule has 0 saturated carbocycles. The van der Waals surface area contributed by atoms with E-state index < -0.39 is 8.07 Å². The average Bonchev–Trinajstić information content (AvgIpc) is 2.75. The van der Waals surface area contributed by atoms with E-state index >= 15 is 0 Å². The van der Waals surface area contributed by atoms with E-state index in [1.165, 1.54) is 115 Å². The topological polar surface area (TPSA) is 0 Å². The lowest BCUT2D eigenvalue weighted by molar-refractivity contribution is 0.561. The van der Waals surface area contributed by atoms with Crippen molar-refractivity contribution in [1.29, 1.82) is 0 Å². The predicted octanol–water partition coefficient (Wildman–Crippen LogP) is 9.64. The van der Waals surface area contributed by atoms with Crippen molar-refractivity contribution in [2.75, 3.05) is 0 Å². The van der Waals surface area contributed by atoms with Crippen LogP contribution in [0, 0.1) is 0 Å². The highest BCUT2D eigenvalue weighted by Gasteiger charge is 2.33. The molecule has 1 aromatic rings. The molecule has 0 aromatic heterocycles. The average molecular weight is 417 g/mol. The third-order valence-electron chi connectivity index (χ3n) is 6.91. The van der Waals surface area contributed by atoms with Crippen LogP contribution in [0.5, 0.6) is 0 Å². The minimum Gasteiger partial charge on any atom is -0.0654 e. The summed E-state index contributed by atoms with van der Waals surface area (Å²) in [7, 11) is -1.34. The SMILES string of the molecule is CCCCCCCCCCCC[Si](CCCCC)(CCCCC)c1ccccc1. The molecule has 0 saturated heterocycles. The normalized spacial score (nSPS) is 11.8. The number of benzene rings is 1. The summed E-state index contributed by atoms with van der Waals surface area (Å²) in [6.45, 7) is 7.01. The van der Waals surface area contributed by atoms with Crippen molar-refractivity contribution in [2.45, 2.75) is 142 Å². The first kappa shape index (κ1) is 26.5. The molecular weight excluding hydrogens is 364 g/mol. The van der Waals surface area contributed by atoms with Crippen molar-refractivity contribution in [3.05, 3.63) is 30.3 Å². The minimum absolute atomic E-state index is 1.34. The number of rotatable bonds is 20. The summed E-state index contributed by atoms with van der Waals surface area (Å²) in [5.74, 6) is 0. The lowest BCUT2D eigenvalue weighted by Crippen LogP contribution is -2.47. The Morgan fingerprint density at radius 3 is 1.24 bits per heavy atom. The number of unbranched alkanes of at least 4 members (excludes halogenated alkanes) is 13. The molecule has 0 aliphatic rings. The Kier molecular flexibility index (Phi) is 16.6. The molecule has 0 fully saturated rings. The van der Waals surface area contributed by atoms with E-state index in [-0.39, 0.29) is 0 Å². The van der Waals surface area contributed by atoms with Gasteiger partial charge in [-0.15, -0.1) is 0 Å². The van der Waals surface area contributed by atoms with Crippen LogP contribution in [0.25, 0.3) is 0 Å². The molecule has 0 aliphatic heterocycles. The Bertz CT molecular complexity index is 443. The lowest BCUT2D eigenvalue weighted by Gasteiger charge is -2.33. The van der Waals surface area contributed by atoms with Crippen LogP contribution in [0.2, 0.25) is 18.1 Å². The summed E-state index contributed by atoms with van der Waals surface area (Å²) in [4.78, 5) is 0. The van der Waals surface area contributed by atoms with Crippen molar-refractivity contribution in [3.63, 3.8) is 0 Å². The molecule has 29 heavy (non-hydrogen) atoms. The summed E-state index contributed by atoms with van der Waals surface area (Å²) in [5, 5.41) is 1.77. The first-order valence-electron chi connectivity index (χ1n) is 13.3. The quantitative estimate of drug-likeness (QED) is 0.146. The maximum atomic E-state index is 2.49. The first-order chi connectivity index (χ1) is 14.3. The summed E-state index contributed by atoms with van der Waals surface area (Å²) < 4.78 is 0. The van der Waals surface area contributed by atoms with Gasteiger partial charge in [0, 0.05) is 0 Å². The maximum absolute atomic E-state index is 2.49. The fraction of sp³-hybridized carbons (Fsp3) is 0.786. The third-order valence-corrected chi connectivity index (χ3v) is 12.4. The monoisotopic (exact) mass is 416 g/mol. The molecule has 0 unspecified atom stereocenters. The van der Waals surface area contributed by atoms with Gasteiger partial charge in [0.05, 0.1) is 8.07 Å². The highest BCUT2D eigenvalue weighted by molar-refractivity contribution is 6.91. The van der Waals surface area contributed by atoms with E-state index in [2.05, 4.69) is 51.1 Å². The molecule has 0 aliphatic carbocycles. The smallest absolute Gasteiger partial charge is 0.0654 e. The van der Waals surface area contributed by atoms with E-state index in [1.54, 1.807) is 11.2 Å². The van der Waals surface area contributed by atoms with Gasteiger partial charge in [-0.2, -0.15) is 0 Å². The van der Waals surface area contributed by atoms with Gasteiger partial charge in [-0.25, -0.2) is 0 Å². The Morgan fingerprint density at radius 1 is 0.448 bits per heavy atom. The third kappa shape index (κ3) is 12.0. The molecular formula is C28H52Si. The molecule has 0 spiro atoms. The van der Waals surface area contributed by atoms with Crippen LogP contribution in [0.3, 0.4) is 0 Å². The standard InChI is InChI=1S/C28H52Si/c1-4-7-10-11-12-13-14-15-16-22-27-29(25-20-8-5-2,26-21-9-6-3)28-23-18-17-19-24-28/h17-19,23-24H,4-16,20-22,25-27H2,1-3H3. The second-order valence-corrected chi connectivity index (χ2v) is 14.1. The van der Waals surface area contributed by atoms with E-state index in [0.717, 1.165) is 0 Å². The van der Waals surface area contributed by atoms with Crippen molar-refractivity contribution in [1.82, 2.24) is 0 Å². The van der Waals surface area contributed by atoms with Crippen LogP contribution in [-0.4, -0.2) is 8.07 Å². The summed E-state index contributed by atoms with van der Waals surface area (Å²) >= 11 is 0. The molecule has 168 valence electrons. The van der Waals surface area contributed by atoms with Gasteiger partial charge >= 0.3 is 0 Å². The van der Waals surface area contributed by atoms with E-state index in [1.807, 2.05) is 0 Å². The van der Waals surface area contributed by atoms with Crippen molar-refractivity contribution in [3.8, 4) is 0 Å². The second kappa shape index (κ2) is 18.2.